The second-order valence-electron chi connectivity index (χ2n) is 3.67. The predicted octanol–water partition coefficient (Wildman–Crippen LogP) is 3.52. The lowest BCUT2D eigenvalue weighted by atomic mass is 10.0. The molecule has 0 spiro atoms. The highest BCUT2D eigenvalue weighted by Crippen LogP contribution is 2.41. The van der Waals surface area contributed by atoms with Crippen molar-refractivity contribution < 1.29 is 41.0 Å². The second-order valence-corrected chi connectivity index (χ2v) is 4.23. The quantitative estimate of drug-likeness (QED) is 0.640. The smallest absolute Gasteiger partial charge is 0.481 e. The van der Waals surface area contributed by atoms with Crippen molar-refractivity contribution in [3.05, 3.63) is 23.0 Å². The molecule has 1 rings (SSSR count). The van der Waals surface area contributed by atoms with Gasteiger partial charge in [-0.3, -0.25) is 9.78 Å². The van der Waals surface area contributed by atoms with Crippen molar-refractivity contribution in [1.29, 1.82) is 0 Å². The molecule has 0 aromatic carbocycles. The van der Waals surface area contributed by atoms with Gasteiger partial charge in [0.1, 0.15) is 5.56 Å². The molecule has 0 atom stereocenters. The van der Waals surface area contributed by atoms with Crippen molar-refractivity contribution in [2.24, 2.45) is 0 Å². The molecule has 1 aromatic rings. The maximum Gasteiger partial charge on any atom is 0.573 e. The van der Waals surface area contributed by atoms with Crippen LogP contribution in [0.1, 0.15) is 16.8 Å². The summed E-state index contributed by atoms with van der Waals surface area (Å²) in [6.07, 6.45) is -11.5. The molecule has 0 amide bonds. The van der Waals surface area contributed by atoms with Crippen LogP contribution in [0.25, 0.3) is 0 Å². The molecule has 0 radical (unpaired) electrons. The van der Waals surface area contributed by atoms with E-state index in [2.05, 4.69) is 25.7 Å². The zero-order chi connectivity index (χ0) is 16.4. The van der Waals surface area contributed by atoms with Crippen LogP contribution in [0.2, 0.25) is 0 Å². The van der Waals surface area contributed by atoms with Gasteiger partial charge in [0.2, 0.25) is 0 Å². The van der Waals surface area contributed by atoms with E-state index in [0.717, 1.165) is 0 Å². The van der Waals surface area contributed by atoms with Crippen molar-refractivity contribution in [2.75, 3.05) is 0 Å². The fraction of sp³-hybridized carbons (Fsp3) is 0.400. The van der Waals surface area contributed by atoms with E-state index in [1.165, 1.54) is 0 Å². The SMILES string of the molecule is O=C(O)Cc1c(CBr)ncc(OC(F)(F)F)c1C(F)(F)F. The van der Waals surface area contributed by atoms with E-state index in [1.807, 2.05) is 0 Å². The van der Waals surface area contributed by atoms with Gasteiger partial charge < -0.3 is 9.84 Å². The first-order chi connectivity index (χ1) is 9.45. The van der Waals surface area contributed by atoms with Crippen LogP contribution in [0.5, 0.6) is 5.75 Å². The summed E-state index contributed by atoms with van der Waals surface area (Å²) in [6.45, 7) is 0. The lowest BCUT2D eigenvalue weighted by Gasteiger charge is -2.19. The topological polar surface area (TPSA) is 59.4 Å². The highest BCUT2D eigenvalue weighted by atomic mass is 79.9. The highest BCUT2D eigenvalue weighted by Gasteiger charge is 2.42. The number of hydrogen-bond acceptors (Lipinski definition) is 3. The molecule has 1 aromatic heterocycles. The molecule has 0 bridgehead atoms. The third-order valence-corrected chi connectivity index (χ3v) is 2.73. The van der Waals surface area contributed by atoms with Crippen LogP contribution in [0.4, 0.5) is 26.3 Å². The van der Waals surface area contributed by atoms with Crippen molar-refractivity contribution in [3.63, 3.8) is 0 Å². The Labute approximate surface area is 121 Å². The molecule has 0 aliphatic rings. The molecule has 0 saturated carbocycles. The van der Waals surface area contributed by atoms with Gasteiger partial charge in [0.05, 0.1) is 18.3 Å². The van der Waals surface area contributed by atoms with Gasteiger partial charge in [-0.1, -0.05) is 15.9 Å². The Hall–Kier alpha value is -1.52. The normalized spacial score (nSPS) is 12.3. The first kappa shape index (κ1) is 17.5. The van der Waals surface area contributed by atoms with Crippen LogP contribution in [-0.2, 0) is 22.7 Å². The predicted molar refractivity (Wildman–Crippen MR) is 59.9 cm³/mol. The number of carboxylic acids is 1. The maximum absolute atomic E-state index is 13.0. The van der Waals surface area contributed by atoms with Crippen LogP contribution < -0.4 is 4.74 Å². The van der Waals surface area contributed by atoms with E-state index < -0.39 is 41.8 Å². The number of halogens is 7. The molecule has 1 heterocycles. The summed E-state index contributed by atoms with van der Waals surface area (Å²) in [5.41, 5.74) is -3.01. The minimum atomic E-state index is -5.36. The Balaban J connectivity index is 3.56. The lowest BCUT2D eigenvalue weighted by Crippen LogP contribution is -2.23. The number of alkyl halides is 7. The first-order valence-electron chi connectivity index (χ1n) is 5.07. The first-order valence-corrected chi connectivity index (χ1v) is 6.19. The Kier molecular flexibility index (Phi) is 5.07. The molecule has 4 nitrogen and oxygen atoms in total. The number of aromatic nitrogens is 1. The molecule has 118 valence electrons. The van der Waals surface area contributed by atoms with Gasteiger partial charge in [0.15, 0.2) is 5.75 Å². The number of ether oxygens (including phenoxy) is 1. The summed E-state index contributed by atoms with van der Waals surface area (Å²) in [5.74, 6) is -3.23. The third-order valence-electron chi connectivity index (χ3n) is 2.20. The molecular formula is C10H6BrF6NO3. The van der Waals surface area contributed by atoms with E-state index in [1.54, 1.807) is 0 Å². The van der Waals surface area contributed by atoms with Crippen LogP contribution >= 0.6 is 15.9 Å². The minimum Gasteiger partial charge on any atom is -0.481 e. The molecule has 21 heavy (non-hydrogen) atoms. The molecule has 0 aliphatic heterocycles. The summed E-state index contributed by atoms with van der Waals surface area (Å²) in [4.78, 5) is 14.0. The van der Waals surface area contributed by atoms with Crippen molar-refractivity contribution in [3.8, 4) is 5.75 Å². The summed E-state index contributed by atoms with van der Waals surface area (Å²) >= 11 is 2.80. The number of pyridine rings is 1. The lowest BCUT2D eigenvalue weighted by molar-refractivity contribution is -0.276. The fourth-order valence-corrected chi connectivity index (χ4v) is 2.02. The number of rotatable bonds is 4. The van der Waals surface area contributed by atoms with E-state index in [-0.39, 0.29) is 17.2 Å². The van der Waals surface area contributed by atoms with Crippen LogP contribution in [-0.4, -0.2) is 22.4 Å². The van der Waals surface area contributed by atoms with E-state index in [0.29, 0.717) is 0 Å². The second kappa shape index (κ2) is 6.08. The maximum atomic E-state index is 13.0. The summed E-state index contributed by atoms with van der Waals surface area (Å²) in [5, 5.41) is 8.37. The number of aliphatic carboxylic acids is 1. The van der Waals surface area contributed by atoms with Gasteiger partial charge in [-0.2, -0.15) is 13.2 Å². The largest absolute Gasteiger partial charge is 0.573 e. The molecule has 1 N–H and O–H groups in total. The van der Waals surface area contributed by atoms with Gasteiger partial charge in [0, 0.05) is 10.9 Å². The Morgan fingerprint density at radius 1 is 1.29 bits per heavy atom. The monoisotopic (exact) mass is 381 g/mol. The number of carbonyl (C=O) groups is 1. The number of carboxylic acid groups (broad SMARTS) is 1. The number of nitrogens with zero attached hydrogens (tertiary/aromatic N) is 1. The molecule has 0 fully saturated rings. The molecule has 0 unspecified atom stereocenters. The van der Waals surface area contributed by atoms with Gasteiger partial charge >= 0.3 is 18.5 Å². The van der Waals surface area contributed by atoms with Crippen molar-refractivity contribution in [1.82, 2.24) is 4.98 Å². The van der Waals surface area contributed by atoms with Gasteiger partial charge in [-0.25, -0.2) is 0 Å². The third kappa shape index (κ3) is 4.76. The Morgan fingerprint density at radius 2 is 1.86 bits per heavy atom. The van der Waals surface area contributed by atoms with Crippen LogP contribution in [0, 0.1) is 0 Å². The average Bonchev–Trinajstić information content (AvgIpc) is 2.24. The van der Waals surface area contributed by atoms with Crippen molar-refractivity contribution >= 4 is 21.9 Å². The zero-order valence-electron chi connectivity index (χ0n) is 9.85. The molecule has 11 heteroatoms. The molecular weight excluding hydrogens is 376 g/mol. The molecule has 0 aliphatic carbocycles. The van der Waals surface area contributed by atoms with E-state index >= 15 is 0 Å². The van der Waals surface area contributed by atoms with Gasteiger partial charge in [0.25, 0.3) is 0 Å². The van der Waals surface area contributed by atoms with Crippen molar-refractivity contribution in [2.45, 2.75) is 24.3 Å². The van der Waals surface area contributed by atoms with Crippen LogP contribution in [0.15, 0.2) is 6.20 Å². The highest BCUT2D eigenvalue weighted by molar-refractivity contribution is 9.08. The Morgan fingerprint density at radius 3 is 2.24 bits per heavy atom. The summed E-state index contributed by atoms with van der Waals surface area (Å²) in [7, 11) is 0. The van der Waals surface area contributed by atoms with Gasteiger partial charge in [-0.15, -0.1) is 13.2 Å². The zero-order valence-corrected chi connectivity index (χ0v) is 11.4. The Bertz CT molecular complexity index is 543. The summed E-state index contributed by atoms with van der Waals surface area (Å²) < 4.78 is 78.6. The fourth-order valence-electron chi connectivity index (χ4n) is 1.54. The summed E-state index contributed by atoms with van der Waals surface area (Å²) in [6, 6.07) is 0. The van der Waals surface area contributed by atoms with Gasteiger partial charge in [-0.05, 0) is 0 Å². The standard InChI is InChI=1S/C10H6BrF6NO3/c11-2-5-4(1-7(19)20)8(9(12,13)14)6(3-18-5)21-10(15,16)17/h3H,1-2H2,(H,19,20). The van der Waals surface area contributed by atoms with Crippen LogP contribution in [0.3, 0.4) is 0 Å². The average molecular weight is 382 g/mol. The van der Waals surface area contributed by atoms with E-state index in [9.17, 15) is 31.1 Å². The molecule has 0 saturated heterocycles. The number of hydrogen-bond donors (Lipinski definition) is 1. The van der Waals surface area contributed by atoms with E-state index in [4.69, 9.17) is 5.11 Å². The minimum absolute atomic E-state index is 0.259.